The van der Waals surface area contributed by atoms with Gasteiger partial charge >= 0.3 is 0 Å². The normalized spacial score (nSPS) is 15.1. The lowest BCUT2D eigenvalue weighted by Crippen LogP contribution is -2.42. The molecule has 0 bridgehead atoms. The molecule has 1 amide bonds. The van der Waals surface area contributed by atoms with Crippen LogP contribution < -0.4 is 11.1 Å². The van der Waals surface area contributed by atoms with Crippen molar-refractivity contribution in [1.82, 2.24) is 5.32 Å². The fourth-order valence-corrected chi connectivity index (χ4v) is 2.17. The van der Waals surface area contributed by atoms with Gasteiger partial charge in [0.05, 0.1) is 10.9 Å². The summed E-state index contributed by atoms with van der Waals surface area (Å²) in [6.45, 7) is 2.18. The zero-order chi connectivity index (χ0) is 15.1. The summed E-state index contributed by atoms with van der Waals surface area (Å²) in [6, 6.07) is 9.60. The summed E-state index contributed by atoms with van der Waals surface area (Å²) < 4.78 is 11.3. The summed E-state index contributed by atoms with van der Waals surface area (Å²) in [4.78, 5) is 12.3. The fraction of sp³-hybridized carbons (Fsp3) is 0.429. The highest BCUT2D eigenvalue weighted by Crippen LogP contribution is 2.10. The number of rotatable bonds is 7. The number of hydrogen-bond donors (Lipinski definition) is 2. The Bertz CT molecular complexity index is 491. The van der Waals surface area contributed by atoms with Gasteiger partial charge < -0.3 is 11.1 Å². The molecule has 1 rings (SSSR count). The molecule has 0 aromatic heterocycles. The maximum Gasteiger partial charge on any atom is 0.230 e. The molecule has 0 fully saturated rings. The van der Waals surface area contributed by atoms with Crippen molar-refractivity contribution in [2.24, 2.45) is 11.7 Å². The maximum atomic E-state index is 12.1. The van der Waals surface area contributed by atoms with Crippen LogP contribution in [-0.4, -0.2) is 33.2 Å². The molecule has 0 radical (unpaired) electrons. The first-order chi connectivity index (χ1) is 9.41. The monoisotopic (exact) mass is 312 g/mol. The van der Waals surface area contributed by atoms with Gasteiger partial charge in [-0.1, -0.05) is 42.5 Å². The van der Waals surface area contributed by atoms with Crippen LogP contribution in [0.2, 0.25) is 0 Å². The van der Waals surface area contributed by atoms with Crippen molar-refractivity contribution in [2.45, 2.75) is 18.6 Å². The molecule has 3 unspecified atom stereocenters. The second-order valence-corrected chi connectivity index (χ2v) is 6.97. The van der Waals surface area contributed by atoms with E-state index in [1.165, 1.54) is 0 Å². The van der Waals surface area contributed by atoms with Crippen molar-refractivity contribution in [3.05, 3.63) is 35.9 Å². The van der Waals surface area contributed by atoms with Gasteiger partial charge in [-0.2, -0.15) is 0 Å². The molecule has 0 saturated heterocycles. The van der Waals surface area contributed by atoms with Crippen molar-refractivity contribution in [2.75, 3.05) is 12.8 Å². The molecular formula is C14H20N2O2S2. The Morgan fingerprint density at radius 1 is 1.40 bits per heavy atom. The van der Waals surface area contributed by atoms with Crippen molar-refractivity contribution >= 4 is 33.9 Å². The highest BCUT2D eigenvalue weighted by atomic mass is 32.2. The Kier molecular flexibility index (Phi) is 6.81. The number of thiocarbonyl (C=S) groups is 1. The zero-order valence-corrected chi connectivity index (χ0v) is 13.3. The van der Waals surface area contributed by atoms with E-state index < -0.39 is 16.7 Å². The average molecular weight is 312 g/mol. The van der Waals surface area contributed by atoms with Gasteiger partial charge in [0.1, 0.15) is 0 Å². The maximum absolute atomic E-state index is 12.1. The SMILES string of the molecule is CC(CNC(=O)C(Cc1ccccc1)C(N)=S)S(C)=O. The first kappa shape index (κ1) is 16.8. The predicted octanol–water partition coefficient (Wildman–Crippen LogP) is 1.01. The van der Waals surface area contributed by atoms with Gasteiger partial charge in [0.2, 0.25) is 5.91 Å². The molecule has 3 atom stereocenters. The molecule has 1 aromatic carbocycles. The van der Waals surface area contributed by atoms with E-state index in [2.05, 4.69) is 5.32 Å². The lowest BCUT2D eigenvalue weighted by molar-refractivity contribution is -0.122. The van der Waals surface area contributed by atoms with Crippen LogP contribution in [0.4, 0.5) is 0 Å². The highest BCUT2D eigenvalue weighted by Gasteiger charge is 2.22. The second kappa shape index (κ2) is 8.11. The van der Waals surface area contributed by atoms with Gasteiger partial charge in [-0.25, -0.2) is 0 Å². The lowest BCUT2D eigenvalue weighted by Gasteiger charge is -2.17. The van der Waals surface area contributed by atoms with Crippen LogP contribution >= 0.6 is 12.2 Å². The van der Waals surface area contributed by atoms with E-state index in [4.69, 9.17) is 18.0 Å². The predicted molar refractivity (Wildman–Crippen MR) is 87.0 cm³/mol. The van der Waals surface area contributed by atoms with Crippen LogP contribution in [0.1, 0.15) is 12.5 Å². The molecule has 0 aliphatic heterocycles. The first-order valence-corrected chi connectivity index (χ1v) is 8.38. The minimum Gasteiger partial charge on any atom is -0.393 e. The van der Waals surface area contributed by atoms with Crippen molar-refractivity contribution in [1.29, 1.82) is 0 Å². The van der Waals surface area contributed by atoms with Crippen LogP contribution in [0.3, 0.4) is 0 Å². The molecule has 1 aromatic rings. The van der Waals surface area contributed by atoms with E-state index in [9.17, 15) is 9.00 Å². The van der Waals surface area contributed by atoms with Gasteiger partial charge in [0.25, 0.3) is 0 Å². The molecule has 3 N–H and O–H groups in total. The Morgan fingerprint density at radius 2 is 2.00 bits per heavy atom. The minimum absolute atomic E-state index is 0.0947. The molecule has 0 aliphatic rings. The van der Waals surface area contributed by atoms with Crippen LogP contribution in [-0.2, 0) is 22.0 Å². The first-order valence-electron chi connectivity index (χ1n) is 6.35. The van der Waals surface area contributed by atoms with E-state index in [1.54, 1.807) is 6.26 Å². The van der Waals surface area contributed by atoms with Gasteiger partial charge in [0, 0.05) is 28.9 Å². The molecule has 6 heteroatoms. The quantitative estimate of drug-likeness (QED) is 0.737. The average Bonchev–Trinajstić information content (AvgIpc) is 2.42. The number of benzene rings is 1. The molecule has 20 heavy (non-hydrogen) atoms. The number of nitrogens with one attached hydrogen (secondary N) is 1. The van der Waals surface area contributed by atoms with Gasteiger partial charge in [0.15, 0.2) is 0 Å². The van der Waals surface area contributed by atoms with Crippen LogP contribution in [0.25, 0.3) is 0 Å². The van der Waals surface area contributed by atoms with Gasteiger partial charge in [-0.05, 0) is 18.9 Å². The molecule has 0 saturated carbocycles. The minimum atomic E-state index is -0.967. The second-order valence-electron chi connectivity index (χ2n) is 4.70. The summed E-state index contributed by atoms with van der Waals surface area (Å²) in [7, 11) is -0.967. The van der Waals surface area contributed by atoms with E-state index in [1.807, 2.05) is 37.3 Å². The van der Waals surface area contributed by atoms with Crippen molar-refractivity contribution in [3.8, 4) is 0 Å². The summed E-state index contributed by atoms with van der Waals surface area (Å²) >= 11 is 4.98. The number of carbonyl (C=O) groups excluding carboxylic acids is 1. The molecule has 4 nitrogen and oxygen atoms in total. The largest absolute Gasteiger partial charge is 0.393 e. The Balaban J connectivity index is 2.64. The summed E-state index contributed by atoms with van der Waals surface area (Å²) in [6.07, 6.45) is 2.09. The van der Waals surface area contributed by atoms with E-state index in [0.29, 0.717) is 13.0 Å². The van der Waals surface area contributed by atoms with E-state index >= 15 is 0 Å². The molecular weight excluding hydrogens is 292 g/mol. The third-order valence-electron chi connectivity index (χ3n) is 3.07. The number of amides is 1. The van der Waals surface area contributed by atoms with Gasteiger partial charge in [-0.15, -0.1) is 0 Å². The third-order valence-corrected chi connectivity index (χ3v) is 4.66. The third kappa shape index (κ3) is 5.38. The Labute approximate surface area is 127 Å². The highest BCUT2D eigenvalue weighted by molar-refractivity contribution is 7.84. The fourth-order valence-electron chi connectivity index (χ4n) is 1.66. The molecule has 0 spiro atoms. The summed E-state index contributed by atoms with van der Waals surface area (Å²) in [5, 5.41) is 2.67. The van der Waals surface area contributed by atoms with Crippen LogP contribution in [0, 0.1) is 5.92 Å². The van der Waals surface area contributed by atoms with Crippen molar-refractivity contribution < 1.29 is 9.00 Å². The smallest absolute Gasteiger partial charge is 0.230 e. The molecule has 110 valence electrons. The Morgan fingerprint density at radius 3 is 2.50 bits per heavy atom. The number of hydrogen-bond acceptors (Lipinski definition) is 3. The van der Waals surface area contributed by atoms with Crippen LogP contribution in [0.5, 0.6) is 0 Å². The zero-order valence-electron chi connectivity index (χ0n) is 11.7. The number of nitrogens with two attached hydrogens (primary N) is 1. The Hall–Kier alpha value is -1.27. The van der Waals surface area contributed by atoms with Crippen molar-refractivity contribution in [3.63, 3.8) is 0 Å². The molecule has 0 aliphatic carbocycles. The number of carbonyl (C=O) groups is 1. The summed E-state index contributed by atoms with van der Waals surface area (Å²) in [5.41, 5.74) is 6.67. The van der Waals surface area contributed by atoms with E-state index in [0.717, 1.165) is 5.56 Å². The summed E-state index contributed by atoms with van der Waals surface area (Å²) in [5.74, 6) is -0.747. The molecule has 0 heterocycles. The standard InChI is InChI=1S/C14H20N2O2S2/c1-10(20(2)18)9-16-14(17)12(13(15)19)8-11-6-4-3-5-7-11/h3-7,10,12H,8-9H2,1-2H3,(H2,15,19)(H,16,17). The van der Waals surface area contributed by atoms with E-state index in [-0.39, 0.29) is 16.1 Å². The van der Waals surface area contributed by atoms with Gasteiger partial charge in [-0.3, -0.25) is 9.00 Å². The lowest BCUT2D eigenvalue weighted by atomic mass is 9.98. The topological polar surface area (TPSA) is 72.2 Å². The van der Waals surface area contributed by atoms with Crippen LogP contribution in [0.15, 0.2) is 30.3 Å².